The molecule has 0 aliphatic heterocycles. The van der Waals surface area contributed by atoms with Crippen molar-refractivity contribution in [2.75, 3.05) is 13.2 Å². The van der Waals surface area contributed by atoms with E-state index >= 15 is 0 Å². The quantitative estimate of drug-likeness (QED) is 0.330. The molecule has 0 aliphatic carbocycles. The van der Waals surface area contributed by atoms with Gasteiger partial charge in [-0.1, -0.05) is 0 Å². The molecule has 1 heterocycles. The Morgan fingerprint density at radius 3 is 2.35 bits per heavy atom. The van der Waals surface area contributed by atoms with Gasteiger partial charge in [0, 0.05) is 0 Å². The molecule has 0 aromatic carbocycles. The minimum absolute atomic E-state index is 0.0315. The number of hydrogen-bond acceptors (Lipinski definition) is 8. The molecular formula is C12H18O8. The fourth-order valence-corrected chi connectivity index (χ4v) is 1.48. The maximum atomic E-state index is 10.4. The largest absolute Gasteiger partial charge is 0.456 e. The van der Waals surface area contributed by atoms with Crippen molar-refractivity contribution in [3.8, 4) is 0 Å². The van der Waals surface area contributed by atoms with E-state index in [0.29, 0.717) is 12.0 Å². The summed E-state index contributed by atoms with van der Waals surface area (Å²) in [5, 5.41) is 46.2. The third-order valence-corrected chi connectivity index (χ3v) is 2.66. The van der Waals surface area contributed by atoms with Gasteiger partial charge in [0.25, 0.3) is 0 Å². The maximum absolute atomic E-state index is 10.4. The molecule has 1 aromatic rings. The molecule has 114 valence electrons. The number of aliphatic hydroxyl groups is 5. The van der Waals surface area contributed by atoms with Crippen LogP contribution in [0.1, 0.15) is 16.3 Å². The molecule has 8 nitrogen and oxygen atoms in total. The highest BCUT2D eigenvalue weighted by atomic mass is 16.5. The van der Waals surface area contributed by atoms with Gasteiger partial charge in [-0.05, 0) is 12.1 Å². The van der Waals surface area contributed by atoms with Crippen LogP contribution in [-0.4, -0.2) is 69.4 Å². The van der Waals surface area contributed by atoms with Crippen LogP contribution in [0.2, 0.25) is 0 Å². The third kappa shape index (κ3) is 4.67. The van der Waals surface area contributed by atoms with E-state index in [4.69, 9.17) is 19.4 Å². The average Bonchev–Trinajstić information content (AvgIpc) is 2.92. The summed E-state index contributed by atoms with van der Waals surface area (Å²) in [7, 11) is 0. The first-order valence-corrected chi connectivity index (χ1v) is 5.94. The molecule has 1 rings (SSSR count). The zero-order valence-corrected chi connectivity index (χ0v) is 10.6. The zero-order chi connectivity index (χ0) is 15.1. The van der Waals surface area contributed by atoms with Crippen LogP contribution < -0.4 is 0 Å². The monoisotopic (exact) mass is 290 g/mol. The van der Waals surface area contributed by atoms with Gasteiger partial charge in [0.05, 0.1) is 13.2 Å². The Morgan fingerprint density at radius 1 is 1.15 bits per heavy atom. The Labute approximate surface area is 114 Å². The predicted molar refractivity (Wildman–Crippen MR) is 64.9 cm³/mol. The SMILES string of the molecule is O=Cc1ccc(COC[C@H](O)[C@@H](O)[C@H](O)[C@H](O)CO)o1. The van der Waals surface area contributed by atoms with Crippen molar-refractivity contribution in [3.05, 3.63) is 23.7 Å². The van der Waals surface area contributed by atoms with E-state index in [0.717, 1.165) is 0 Å². The number of carbonyl (C=O) groups excluding carboxylic acids is 1. The Balaban J connectivity index is 2.35. The molecule has 0 aliphatic rings. The second kappa shape index (κ2) is 8.10. The van der Waals surface area contributed by atoms with Crippen LogP contribution in [0.15, 0.2) is 16.5 Å². The summed E-state index contributed by atoms with van der Waals surface area (Å²) in [6.07, 6.45) is -5.83. The van der Waals surface area contributed by atoms with Gasteiger partial charge in [0.1, 0.15) is 36.8 Å². The molecule has 5 N–H and O–H groups in total. The molecule has 0 amide bonds. The van der Waals surface area contributed by atoms with Crippen molar-refractivity contribution >= 4 is 6.29 Å². The molecule has 1 aromatic heterocycles. The highest BCUT2D eigenvalue weighted by Gasteiger charge is 2.30. The highest BCUT2D eigenvalue weighted by Crippen LogP contribution is 2.09. The lowest BCUT2D eigenvalue weighted by Gasteiger charge is -2.25. The highest BCUT2D eigenvalue weighted by molar-refractivity contribution is 5.70. The summed E-state index contributed by atoms with van der Waals surface area (Å²) in [5.41, 5.74) is 0. The average molecular weight is 290 g/mol. The van der Waals surface area contributed by atoms with Crippen LogP contribution in [0.4, 0.5) is 0 Å². The molecule has 0 radical (unpaired) electrons. The second-order valence-corrected chi connectivity index (χ2v) is 4.24. The van der Waals surface area contributed by atoms with Crippen molar-refractivity contribution in [1.29, 1.82) is 0 Å². The van der Waals surface area contributed by atoms with Crippen LogP contribution in [0.5, 0.6) is 0 Å². The molecule has 0 fully saturated rings. The minimum atomic E-state index is -1.69. The standard InChI is InChI=1S/C12H18O8/c13-3-7-1-2-8(20-7)5-19-6-10(16)12(18)11(17)9(15)4-14/h1-3,9-12,14-18H,4-6H2/t9-,10+,11-,12-/m1/s1. The van der Waals surface area contributed by atoms with Crippen molar-refractivity contribution in [1.82, 2.24) is 0 Å². The smallest absolute Gasteiger partial charge is 0.185 e. The minimum Gasteiger partial charge on any atom is -0.456 e. The lowest BCUT2D eigenvalue weighted by Crippen LogP contribution is -2.47. The maximum Gasteiger partial charge on any atom is 0.185 e. The van der Waals surface area contributed by atoms with Crippen molar-refractivity contribution in [3.63, 3.8) is 0 Å². The normalized spacial score (nSPS) is 17.4. The molecule has 0 spiro atoms. The molecule has 0 unspecified atom stereocenters. The van der Waals surface area contributed by atoms with Crippen LogP contribution >= 0.6 is 0 Å². The Bertz CT molecular complexity index is 404. The number of carbonyl (C=O) groups is 1. The summed E-state index contributed by atoms with van der Waals surface area (Å²) in [5.74, 6) is 0.510. The number of furan rings is 1. The Morgan fingerprint density at radius 2 is 1.80 bits per heavy atom. The van der Waals surface area contributed by atoms with Gasteiger partial charge in [-0.3, -0.25) is 4.79 Å². The van der Waals surface area contributed by atoms with Gasteiger partial charge < -0.3 is 34.7 Å². The number of aldehydes is 1. The van der Waals surface area contributed by atoms with Gasteiger partial charge in [-0.2, -0.15) is 0 Å². The van der Waals surface area contributed by atoms with E-state index in [2.05, 4.69) is 0 Å². The molecular weight excluding hydrogens is 272 g/mol. The second-order valence-electron chi connectivity index (χ2n) is 4.24. The van der Waals surface area contributed by atoms with E-state index in [1.807, 2.05) is 0 Å². The molecule has 8 heteroatoms. The van der Waals surface area contributed by atoms with Crippen LogP contribution in [-0.2, 0) is 11.3 Å². The van der Waals surface area contributed by atoms with E-state index in [9.17, 15) is 20.1 Å². The summed E-state index contributed by atoms with van der Waals surface area (Å²) in [4.78, 5) is 10.4. The van der Waals surface area contributed by atoms with E-state index in [1.54, 1.807) is 0 Å². The lowest BCUT2D eigenvalue weighted by molar-refractivity contribution is -0.130. The van der Waals surface area contributed by atoms with Crippen LogP contribution in [0, 0.1) is 0 Å². The number of aliphatic hydroxyl groups excluding tert-OH is 5. The molecule has 0 saturated carbocycles. The fourth-order valence-electron chi connectivity index (χ4n) is 1.48. The number of rotatable bonds is 9. The molecule has 0 bridgehead atoms. The van der Waals surface area contributed by atoms with Gasteiger partial charge in [-0.15, -0.1) is 0 Å². The summed E-state index contributed by atoms with van der Waals surface area (Å²) in [6.45, 7) is -1.10. The number of hydrogen-bond donors (Lipinski definition) is 5. The van der Waals surface area contributed by atoms with Gasteiger partial charge >= 0.3 is 0 Å². The fraction of sp³-hybridized carbons (Fsp3) is 0.583. The summed E-state index contributed by atoms with van der Waals surface area (Å²) >= 11 is 0. The first-order valence-electron chi connectivity index (χ1n) is 5.94. The third-order valence-electron chi connectivity index (χ3n) is 2.66. The molecule has 4 atom stereocenters. The first kappa shape index (κ1) is 16.8. The zero-order valence-electron chi connectivity index (χ0n) is 10.6. The number of ether oxygens (including phenoxy) is 1. The topological polar surface area (TPSA) is 141 Å². The van der Waals surface area contributed by atoms with Gasteiger partial charge in [0.15, 0.2) is 12.0 Å². The Kier molecular flexibility index (Phi) is 6.79. The summed E-state index contributed by atoms with van der Waals surface area (Å²) in [6, 6.07) is 2.98. The molecule has 0 saturated heterocycles. The van der Waals surface area contributed by atoms with Crippen molar-refractivity contribution < 1.29 is 39.5 Å². The van der Waals surface area contributed by atoms with Gasteiger partial charge in [0.2, 0.25) is 0 Å². The summed E-state index contributed by atoms with van der Waals surface area (Å²) < 4.78 is 10.1. The predicted octanol–water partition coefficient (Wildman–Crippen LogP) is -1.96. The Hall–Kier alpha value is -1.29. The first-order chi connectivity index (χ1) is 9.49. The van der Waals surface area contributed by atoms with Crippen molar-refractivity contribution in [2.24, 2.45) is 0 Å². The van der Waals surface area contributed by atoms with Crippen molar-refractivity contribution in [2.45, 2.75) is 31.0 Å². The van der Waals surface area contributed by atoms with Gasteiger partial charge in [-0.25, -0.2) is 0 Å². The molecule has 20 heavy (non-hydrogen) atoms. The van der Waals surface area contributed by atoms with E-state index < -0.39 is 31.0 Å². The lowest BCUT2D eigenvalue weighted by atomic mass is 10.0. The van der Waals surface area contributed by atoms with E-state index in [1.165, 1.54) is 12.1 Å². The van der Waals surface area contributed by atoms with Crippen LogP contribution in [0.3, 0.4) is 0 Å². The van der Waals surface area contributed by atoms with E-state index in [-0.39, 0.29) is 19.0 Å². The van der Waals surface area contributed by atoms with Crippen LogP contribution in [0.25, 0.3) is 0 Å².